The van der Waals surface area contributed by atoms with Crippen LogP contribution in [0.3, 0.4) is 0 Å². The Kier molecular flexibility index (Phi) is 4.73. The number of hydrogen-bond acceptors (Lipinski definition) is 4. The normalized spacial score (nSPS) is 29.6. The van der Waals surface area contributed by atoms with Crippen molar-refractivity contribution < 1.29 is 9.84 Å². The molecule has 0 aliphatic carbocycles. The van der Waals surface area contributed by atoms with E-state index < -0.39 is 6.10 Å². The molecule has 2 bridgehead atoms. The average Bonchev–Trinajstić information content (AvgIpc) is 2.66. The van der Waals surface area contributed by atoms with Crippen LogP contribution in [0.5, 0.6) is 5.75 Å². The van der Waals surface area contributed by atoms with E-state index in [-0.39, 0.29) is 6.04 Å². The summed E-state index contributed by atoms with van der Waals surface area (Å²) >= 11 is 2.37. The molecular weight excluding hydrogens is 427 g/mol. The Morgan fingerprint density at radius 3 is 2.96 bits per heavy atom. The molecule has 1 N–H and O–H groups in total. The fourth-order valence-corrected chi connectivity index (χ4v) is 5.20. The van der Waals surface area contributed by atoms with Crippen molar-refractivity contribution in [2.75, 3.05) is 20.2 Å². The Bertz CT molecular complexity index is 809. The molecular formula is C20H23IN2O2. The lowest BCUT2D eigenvalue weighted by molar-refractivity contribution is -0.0448. The number of aliphatic hydroxyl groups is 1. The molecule has 0 amide bonds. The van der Waals surface area contributed by atoms with E-state index in [1.54, 1.807) is 13.3 Å². The highest BCUT2D eigenvalue weighted by Gasteiger charge is 2.43. The SMILES string of the molecule is C=C(I)[C@H]1CN2CC[C@@H]1C[C@H]2[C@H](O)c1ccnc2ccc(OC)cc12. The van der Waals surface area contributed by atoms with Gasteiger partial charge in [-0.05, 0) is 81.3 Å². The molecule has 132 valence electrons. The molecule has 0 saturated carbocycles. The zero-order valence-corrected chi connectivity index (χ0v) is 16.5. The van der Waals surface area contributed by atoms with Gasteiger partial charge in [0.2, 0.25) is 0 Å². The molecule has 3 aliphatic heterocycles. The average molecular weight is 450 g/mol. The molecule has 4 heterocycles. The van der Waals surface area contributed by atoms with Gasteiger partial charge in [-0.1, -0.05) is 6.58 Å². The maximum atomic E-state index is 11.2. The summed E-state index contributed by atoms with van der Waals surface area (Å²) in [6, 6.07) is 7.96. The highest BCUT2D eigenvalue weighted by atomic mass is 127. The van der Waals surface area contributed by atoms with Crippen LogP contribution in [0, 0.1) is 11.8 Å². The van der Waals surface area contributed by atoms with Crippen LogP contribution in [0.15, 0.2) is 40.6 Å². The summed E-state index contributed by atoms with van der Waals surface area (Å²) < 4.78 is 6.61. The zero-order valence-electron chi connectivity index (χ0n) is 14.4. The molecule has 4 nitrogen and oxygen atoms in total. The van der Waals surface area contributed by atoms with Crippen molar-refractivity contribution in [2.45, 2.75) is 25.0 Å². The molecule has 0 radical (unpaired) electrons. The molecule has 5 rings (SSSR count). The predicted molar refractivity (Wildman–Crippen MR) is 108 cm³/mol. The lowest BCUT2D eigenvalue weighted by Gasteiger charge is -2.51. The van der Waals surface area contributed by atoms with E-state index in [1.807, 2.05) is 24.3 Å². The Hall–Kier alpha value is -1.18. The maximum Gasteiger partial charge on any atom is 0.119 e. The summed E-state index contributed by atoms with van der Waals surface area (Å²) in [5.41, 5.74) is 1.85. The summed E-state index contributed by atoms with van der Waals surface area (Å²) in [6.45, 7) is 6.24. The minimum atomic E-state index is -0.510. The smallest absolute Gasteiger partial charge is 0.119 e. The van der Waals surface area contributed by atoms with E-state index in [0.29, 0.717) is 11.8 Å². The van der Waals surface area contributed by atoms with Gasteiger partial charge in [0.25, 0.3) is 0 Å². The van der Waals surface area contributed by atoms with Gasteiger partial charge in [-0.2, -0.15) is 0 Å². The monoisotopic (exact) mass is 450 g/mol. The molecule has 25 heavy (non-hydrogen) atoms. The van der Waals surface area contributed by atoms with Gasteiger partial charge in [-0.3, -0.25) is 9.88 Å². The number of rotatable bonds is 4. The maximum absolute atomic E-state index is 11.2. The Morgan fingerprint density at radius 2 is 2.28 bits per heavy atom. The number of methoxy groups -OCH3 is 1. The lowest BCUT2D eigenvalue weighted by Crippen LogP contribution is -2.55. The molecule has 5 heteroatoms. The van der Waals surface area contributed by atoms with Crippen LogP contribution >= 0.6 is 22.6 Å². The van der Waals surface area contributed by atoms with Gasteiger partial charge in [-0.25, -0.2) is 0 Å². The number of fused-ring (bicyclic) bond motifs is 4. The topological polar surface area (TPSA) is 45.6 Å². The molecule has 5 atom stereocenters. The van der Waals surface area contributed by atoms with Crippen LogP contribution < -0.4 is 4.74 Å². The van der Waals surface area contributed by atoms with Crippen molar-refractivity contribution in [3.8, 4) is 5.75 Å². The first-order valence-corrected chi connectivity index (χ1v) is 9.85. The molecule has 2 aromatic rings. The van der Waals surface area contributed by atoms with Crippen molar-refractivity contribution >= 4 is 33.5 Å². The largest absolute Gasteiger partial charge is 0.497 e. The Balaban J connectivity index is 1.67. The van der Waals surface area contributed by atoms with Crippen molar-refractivity contribution in [3.63, 3.8) is 0 Å². The number of pyridine rings is 1. The quantitative estimate of drug-likeness (QED) is 0.718. The third-order valence-electron chi connectivity index (χ3n) is 5.87. The van der Waals surface area contributed by atoms with Gasteiger partial charge in [0, 0.05) is 30.1 Å². The fraction of sp³-hybridized carbons (Fsp3) is 0.450. The van der Waals surface area contributed by atoms with Crippen molar-refractivity contribution in [2.24, 2.45) is 11.8 Å². The second-order valence-electron chi connectivity index (χ2n) is 7.13. The molecule has 0 spiro atoms. The number of benzene rings is 1. The van der Waals surface area contributed by atoms with Crippen molar-refractivity contribution in [1.82, 2.24) is 9.88 Å². The number of nitrogens with zero attached hydrogens (tertiary/aromatic N) is 2. The summed E-state index contributed by atoms with van der Waals surface area (Å²) in [5.74, 6) is 1.99. The summed E-state index contributed by atoms with van der Waals surface area (Å²) in [6.07, 6.45) is 3.52. The number of ether oxygens (including phenoxy) is 1. The lowest BCUT2D eigenvalue weighted by atomic mass is 9.73. The number of piperidine rings is 3. The molecule has 3 aliphatic rings. The van der Waals surface area contributed by atoms with E-state index >= 15 is 0 Å². The van der Waals surface area contributed by atoms with E-state index in [9.17, 15) is 5.11 Å². The van der Waals surface area contributed by atoms with Gasteiger partial charge in [0.1, 0.15) is 5.75 Å². The molecule has 3 saturated heterocycles. The number of hydrogen-bond donors (Lipinski definition) is 1. The van der Waals surface area contributed by atoms with Gasteiger partial charge >= 0.3 is 0 Å². The third-order valence-corrected chi connectivity index (χ3v) is 6.67. The molecule has 3 fully saturated rings. The highest BCUT2D eigenvalue weighted by molar-refractivity contribution is 14.1. The summed E-state index contributed by atoms with van der Waals surface area (Å²) in [5, 5.41) is 12.2. The van der Waals surface area contributed by atoms with Crippen LogP contribution in [0.25, 0.3) is 10.9 Å². The number of halogens is 1. The fourth-order valence-electron chi connectivity index (χ4n) is 4.49. The van der Waals surface area contributed by atoms with Crippen LogP contribution in [0.1, 0.15) is 24.5 Å². The van der Waals surface area contributed by atoms with Gasteiger partial charge in [0.15, 0.2) is 0 Å². The Labute approximate surface area is 162 Å². The highest BCUT2D eigenvalue weighted by Crippen LogP contribution is 2.44. The second kappa shape index (κ2) is 6.85. The van der Waals surface area contributed by atoms with E-state index in [0.717, 1.165) is 41.7 Å². The minimum absolute atomic E-state index is 0.169. The first-order valence-electron chi connectivity index (χ1n) is 8.77. The number of aromatic nitrogens is 1. The molecule has 1 aromatic heterocycles. The first kappa shape index (κ1) is 17.2. The van der Waals surface area contributed by atoms with E-state index in [2.05, 4.69) is 39.1 Å². The van der Waals surface area contributed by atoms with Crippen LogP contribution in [0.2, 0.25) is 0 Å². The van der Waals surface area contributed by atoms with Crippen LogP contribution in [0.4, 0.5) is 0 Å². The molecule has 1 aromatic carbocycles. The number of aliphatic hydroxyl groups excluding tert-OH is 1. The second-order valence-corrected chi connectivity index (χ2v) is 8.51. The molecule has 1 unspecified atom stereocenters. The van der Waals surface area contributed by atoms with Gasteiger partial charge in [0.05, 0.1) is 18.7 Å². The first-order chi connectivity index (χ1) is 12.1. The third kappa shape index (κ3) is 3.06. The van der Waals surface area contributed by atoms with Gasteiger partial charge < -0.3 is 9.84 Å². The summed E-state index contributed by atoms with van der Waals surface area (Å²) in [7, 11) is 1.66. The zero-order chi connectivity index (χ0) is 17.6. The van der Waals surface area contributed by atoms with Crippen molar-refractivity contribution in [3.05, 3.63) is 46.2 Å². The Morgan fingerprint density at radius 1 is 1.44 bits per heavy atom. The predicted octanol–water partition coefficient (Wildman–Crippen LogP) is 3.94. The van der Waals surface area contributed by atoms with Crippen LogP contribution in [-0.4, -0.2) is 41.2 Å². The standard InChI is InChI=1S/C20H23IN2O2/c1-12(21)17-11-23-8-6-13(17)9-19(23)20(24)15-5-7-22-18-4-3-14(25-2)10-16(15)18/h3-5,7,10,13,17,19-20,24H,1,6,8-9,11H2,2H3/t13-,17-,19+,20-/m1/s1. The summed E-state index contributed by atoms with van der Waals surface area (Å²) in [4.78, 5) is 6.89. The van der Waals surface area contributed by atoms with Crippen LogP contribution in [-0.2, 0) is 0 Å². The van der Waals surface area contributed by atoms with E-state index in [1.165, 1.54) is 10.0 Å². The van der Waals surface area contributed by atoms with Gasteiger partial charge in [-0.15, -0.1) is 0 Å². The van der Waals surface area contributed by atoms with E-state index in [4.69, 9.17) is 4.74 Å². The minimum Gasteiger partial charge on any atom is -0.497 e. The van der Waals surface area contributed by atoms with Crippen molar-refractivity contribution in [1.29, 1.82) is 0 Å².